The van der Waals surface area contributed by atoms with Gasteiger partial charge in [0.25, 0.3) is 0 Å². The van der Waals surface area contributed by atoms with Crippen molar-refractivity contribution in [3.8, 4) is 0 Å². The molecule has 1 atom stereocenters. The Morgan fingerprint density at radius 2 is 2.14 bits per heavy atom. The summed E-state index contributed by atoms with van der Waals surface area (Å²) in [7, 11) is 2.07. The molecule has 2 aliphatic rings. The number of hydrogen-bond acceptors (Lipinski definition) is 5. The zero-order valence-electron chi connectivity index (χ0n) is 13.4. The molecule has 1 amide bonds. The average Bonchev–Trinajstić information content (AvgIpc) is 3.18. The molecule has 1 N–H and O–H groups in total. The van der Waals surface area contributed by atoms with Crippen LogP contribution in [0, 0.1) is 5.92 Å². The molecule has 0 unspecified atom stereocenters. The van der Waals surface area contributed by atoms with E-state index < -0.39 is 0 Å². The Morgan fingerprint density at radius 1 is 1.32 bits per heavy atom. The van der Waals surface area contributed by atoms with Crippen molar-refractivity contribution < 1.29 is 9.32 Å². The smallest absolute Gasteiger partial charge is 0.229 e. The first-order chi connectivity index (χ1) is 10.7. The van der Waals surface area contributed by atoms with Crippen LogP contribution in [0.3, 0.4) is 0 Å². The van der Waals surface area contributed by atoms with E-state index in [9.17, 15) is 4.79 Å². The van der Waals surface area contributed by atoms with Gasteiger partial charge in [-0.25, -0.2) is 0 Å². The fourth-order valence-corrected chi connectivity index (χ4v) is 3.53. The predicted octanol–water partition coefficient (Wildman–Crippen LogP) is 1.73. The van der Waals surface area contributed by atoms with Gasteiger partial charge in [0.15, 0.2) is 5.82 Å². The molecule has 122 valence electrons. The van der Waals surface area contributed by atoms with Gasteiger partial charge in [-0.05, 0) is 39.3 Å². The maximum atomic E-state index is 12.1. The lowest BCUT2D eigenvalue weighted by Gasteiger charge is -2.28. The fraction of sp³-hybridized carbons (Fsp3) is 0.812. The summed E-state index contributed by atoms with van der Waals surface area (Å²) in [6.07, 6.45) is 7.57. The SMILES string of the molecule is CN1CCC[C@@H](C(=O)NCCc2noc(C3CCCC3)n2)C1. The molecule has 0 bridgehead atoms. The number of amides is 1. The van der Waals surface area contributed by atoms with Crippen molar-refractivity contribution in [1.82, 2.24) is 20.4 Å². The minimum absolute atomic E-state index is 0.123. The number of likely N-dealkylation sites (tertiary alicyclic amines) is 1. The summed E-state index contributed by atoms with van der Waals surface area (Å²) >= 11 is 0. The summed E-state index contributed by atoms with van der Waals surface area (Å²) in [5.41, 5.74) is 0. The Bertz CT molecular complexity index is 496. The van der Waals surface area contributed by atoms with Gasteiger partial charge >= 0.3 is 0 Å². The van der Waals surface area contributed by atoms with E-state index in [-0.39, 0.29) is 11.8 Å². The van der Waals surface area contributed by atoms with Crippen molar-refractivity contribution in [1.29, 1.82) is 0 Å². The molecule has 22 heavy (non-hydrogen) atoms. The number of rotatable bonds is 5. The number of nitrogens with zero attached hydrogens (tertiary/aromatic N) is 3. The normalized spacial score (nSPS) is 23.8. The summed E-state index contributed by atoms with van der Waals surface area (Å²) < 4.78 is 5.36. The van der Waals surface area contributed by atoms with Crippen LogP contribution < -0.4 is 5.32 Å². The molecule has 1 saturated carbocycles. The molecule has 3 rings (SSSR count). The van der Waals surface area contributed by atoms with Crippen molar-refractivity contribution in [2.45, 2.75) is 50.9 Å². The third-order valence-electron chi connectivity index (χ3n) is 4.83. The molecule has 1 aromatic rings. The highest BCUT2D eigenvalue weighted by molar-refractivity contribution is 5.78. The number of nitrogens with one attached hydrogen (secondary N) is 1. The van der Waals surface area contributed by atoms with Crippen LogP contribution in [-0.2, 0) is 11.2 Å². The first-order valence-electron chi connectivity index (χ1n) is 8.51. The van der Waals surface area contributed by atoms with Crippen molar-refractivity contribution in [2.24, 2.45) is 5.92 Å². The predicted molar refractivity (Wildman–Crippen MR) is 82.4 cm³/mol. The standard InChI is InChI=1S/C16H26N4O2/c1-20-10-4-7-13(11-20)15(21)17-9-8-14-18-16(22-19-14)12-5-2-3-6-12/h12-13H,2-11H2,1H3,(H,17,21)/t13-/m1/s1. The van der Waals surface area contributed by atoms with Crippen molar-refractivity contribution in [2.75, 3.05) is 26.7 Å². The molecule has 1 aliphatic carbocycles. The lowest BCUT2D eigenvalue weighted by atomic mass is 9.97. The lowest BCUT2D eigenvalue weighted by Crippen LogP contribution is -2.41. The number of carbonyl (C=O) groups is 1. The van der Waals surface area contributed by atoms with Gasteiger partial charge in [-0.1, -0.05) is 18.0 Å². The number of piperidine rings is 1. The van der Waals surface area contributed by atoms with Gasteiger partial charge in [0, 0.05) is 25.4 Å². The molecule has 1 saturated heterocycles. The van der Waals surface area contributed by atoms with Gasteiger partial charge in [0.1, 0.15) is 0 Å². The second kappa shape index (κ2) is 7.22. The van der Waals surface area contributed by atoms with E-state index in [0.29, 0.717) is 24.7 Å². The van der Waals surface area contributed by atoms with Crippen LogP contribution in [-0.4, -0.2) is 47.6 Å². The molecule has 0 radical (unpaired) electrons. The quantitative estimate of drug-likeness (QED) is 0.897. The van der Waals surface area contributed by atoms with Crippen LogP contribution in [0.5, 0.6) is 0 Å². The van der Waals surface area contributed by atoms with Gasteiger partial charge in [0.2, 0.25) is 11.8 Å². The molecule has 0 spiro atoms. The summed E-state index contributed by atoms with van der Waals surface area (Å²) in [5, 5.41) is 7.05. The van der Waals surface area contributed by atoms with E-state index in [1.807, 2.05) is 0 Å². The summed E-state index contributed by atoms with van der Waals surface area (Å²) in [4.78, 5) is 18.8. The molecular weight excluding hydrogens is 280 g/mol. The first kappa shape index (κ1) is 15.5. The molecule has 2 heterocycles. The zero-order chi connectivity index (χ0) is 15.4. The Balaban J connectivity index is 1.41. The van der Waals surface area contributed by atoms with Crippen LogP contribution in [0.2, 0.25) is 0 Å². The molecule has 0 aromatic carbocycles. The van der Waals surface area contributed by atoms with Gasteiger partial charge in [0.05, 0.1) is 5.92 Å². The maximum Gasteiger partial charge on any atom is 0.229 e. The Labute approximate surface area is 131 Å². The van der Waals surface area contributed by atoms with Gasteiger partial charge in [-0.3, -0.25) is 4.79 Å². The van der Waals surface area contributed by atoms with E-state index in [0.717, 1.165) is 44.7 Å². The van der Waals surface area contributed by atoms with Crippen molar-refractivity contribution in [3.05, 3.63) is 11.7 Å². The van der Waals surface area contributed by atoms with Gasteiger partial charge in [-0.2, -0.15) is 4.98 Å². The molecular formula is C16H26N4O2. The molecule has 6 nitrogen and oxygen atoms in total. The van der Waals surface area contributed by atoms with Crippen LogP contribution in [0.15, 0.2) is 4.52 Å². The highest BCUT2D eigenvalue weighted by Gasteiger charge is 2.24. The van der Waals surface area contributed by atoms with Crippen LogP contribution in [0.1, 0.15) is 56.2 Å². The maximum absolute atomic E-state index is 12.1. The molecule has 2 fully saturated rings. The average molecular weight is 306 g/mol. The van der Waals surface area contributed by atoms with E-state index >= 15 is 0 Å². The molecule has 1 aliphatic heterocycles. The van der Waals surface area contributed by atoms with Crippen molar-refractivity contribution >= 4 is 5.91 Å². The highest BCUT2D eigenvalue weighted by Crippen LogP contribution is 2.32. The van der Waals surface area contributed by atoms with E-state index in [1.54, 1.807) is 0 Å². The summed E-state index contributed by atoms with van der Waals surface area (Å²) in [6, 6.07) is 0. The second-order valence-corrected chi connectivity index (χ2v) is 6.67. The largest absolute Gasteiger partial charge is 0.355 e. The summed E-state index contributed by atoms with van der Waals surface area (Å²) in [6.45, 7) is 2.54. The lowest BCUT2D eigenvalue weighted by molar-refractivity contribution is -0.126. The molecule has 1 aromatic heterocycles. The summed E-state index contributed by atoms with van der Waals surface area (Å²) in [5.74, 6) is 2.23. The third-order valence-corrected chi connectivity index (χ3v) is 4.83. The van der Waals surface area contributed by atoms with Crippen molar-refractivity contribution in [3.63, 3.8) is 0 Å². The highest BCUT2D eigenvalue weighted by atomic mass is 16.5. The van der Waals surface area contributed by atoms with Crippen LogP contribution in [0.25, 0.3) is 0 Å². The van der Waals surface area contributed by atoms with Crippen LogP contribution in [0.4, 0.5) is 0 Å². The minimum atomic E-state index is 0.123. The molecule has 6 heteroatoms. The van der Waals surface area contributed by atoms with Gasteiger partial charge in [-0.15, -0.1) is 0 Å². The fourth-order valence-electron chi connectivity index (χ4n) is 3.53. The Morgan fingerprint density at radius 3 is 2.91 bits per heavy atom. The van der Waals surface area contributed by atoms with Gasteiger partial charge < -0.3 is 14.7 Å². The third kappa shape index (κ3) is 3.85. The topological polar surface area (TPSA) is 71.3 Å². The number of carbonyl (C=O) groups excluding carboxylic acids is 1. The van der Waals surface area contributed by atoms with E-state index in [4.69, 9.17) is 4.52 Å². The number of hydrogen-bond donors (Lipinski definition) is 1. The Hall–Kier alpha value is -1.43. The minimum Gasteiger partial charge on any atom is -0.355 e. The van der Waals surface area contributed by atoms with Crippen LogP contribution >= 0.6 is 0 Å². The monoisotopic (exact) mass is 306 g/mol. The zero-order valence-corrected chi connectivity index (χ0v) is 13.4. The second-order valence-electron chi connectivity index (χ2n) is 6.67. The van der Waals surface area contributed by atoms with E-state index in [2.05, 4.69) is 27.4 Å². The Kier molecular flexibility index (Phi) is 5.08. The number of aromatic nitrogens is 2. The van der Waals surface area contributed by atoms with E-state index in [1.165, 1.54) is 12.8 Å². The first-order valence-corrected chi connectivity index (χ1v) is 8.51.